The van der Waals surface area contributed by atoms with Crippen LogP contribution in [0.15, 0.2) is 0 Å². The van der Waals surface area contributed by atoms with Gasteiger partial charge in [-0.3, -0.25) is 4.79 Å². The Kier molecular flexibility index (Phi) is 5.53. The summed E-state index contributed by atoms with van der Waals surface area (Å²) in [4.78, 5) is 10.9. The van der Waals surface area contributed by atoms with Gasteiger partial charge in [-0.2, -0.15) is 0 Å². The van der Waals surface area contributed by atoms with Gasteiger partial charge in [0.2, 0.25) is 0 Å². The number of hydrogen-bond donors (Lipinski definition) is 1. The van der Waals surface area contributed by atoms with Crippen LogP contribution in [-0.2, 0) is 4.79 Å². The first-order valence-corrected chi connectivity index (χ1v) is 5.99. The molecule has 15 heavy (non-hydrogen) atoms. The Hall–Kier alpha value is 0.630. The van der Waals surface area contributed by atoms with Gasteiger partial charge in [0.1, 0.15) is 0 Å². The standard InChI is InChI=1S/C9H14Cl4O2/c1-5(7(14)15)8(2,3)6(10)4-9(11,12)13/h5-6H,4H2,1-3H3,(H,14,15). The maximum absolute atomic E-state index is 10.9. The fraction of sp³-hybridized carbons (Fsp3) is 0.889. The van der Waals surface area contributed by atoms with Gasteiger partial charge in [-0.15, -0.1) is 11.6 Å². The van der Waals surface area contributed by atoms with E-state index in [-0.39, 0.29) is 6.42 Å². The third-order valence-electron chi connectivity index (χ3n) is 2.70. The Bertz CT molecular complexity index is 235. The van der Waals surface area contributed by atoms with Crippen molar-refractivity contribution in [2.75, 3.05) is 0 Å². The summed E-state index contributed by atoms with van der Waals surface area (Å²) in [5, 5.41) is 8.39. The number of halogens is 4. The normalized spacial score (nSPS) is 17.3. The van der Waals surface area contributed by atoms with Crippen molar-refractivity contribution >= 4 is 52.4 Å². The Morgan fingerprint density at radius 1 is 1.33 bits per heavy atom. The minimum absolute atomic E-state index is 0.115. The van der Waals surface area contributed by atoms with Gasteiger partial charge in [0.05, 0.1) is 5.92 Å². The van der Waals surface area contributed by atoms with Crippen LogP contribution >= 0.6 is 46.4 Å². The predicted molar refractivity (Wildman–Crippen MR) is 65.1 cm³/mol. The average Bonchev–Trinajstić information content (AvgIpc) is 1.99. The largest absolute Gasteiger partial charge is 0.481 e. The van der Waals surface area contributed by atoms with E-state index in [0.29, 0.717) is 0 Å². The number of carbonyl (C=O) groups is 1. The molecule has 0 aliphatic carbocycles. The lowest BCUT2D eigenvalue weighted by molar-refractivity contribution is -0.145. The highest BCUT2D eigenvalue weighted by atomic mass is 35.6. The van der Waals surface area contributed by atoms with E-state index in [4.69, 9.17) is 51.5 Å². The maximum Gasteiger partial charge on any atom is 0.306 e. The number of rotatable bonds is 4. The van der Waals surface area contributed by atoms with Gasteiger partial charge >= 0.3 is 5.97 Å². The molecule has 90 valence electrons. The van der Waals surface area contributed by atoms with Crippen LogP contribution in [0, 0.1) is 11.3 Å². The number of aliphatic carboxylic acids is 1. The summed E-state index contributed by atoms with van der Waals surface area (Å²) in [5.41, 5.74) is -0.642. The maximum atomic E-state index is 10.9. The van der Waals surface area contributed by atoms with E-state index < -0.39 is 26.5 Å². The van der Waals surface area contributed by atoms with E-state index in [9.17, 15) is 4.79 Å². The molecule has 0 aromatic heterocycles. The molecule has 0 rings (SSSR count). The van der Waals surface area contributed by atoms with Crippen molar-refractivity contribution in [3.63, 3.8) is 0 Å². The molecule has 0 amide bonds. The van der Waals surface area contributed by atoms with E-state index in [1.54, 1.807) is 20.8 Å². The molecule has 0 aliphatic rings. The summed E-state index contributed by atoms with van der Waals surface area (Å²) in [6.07, 6.45) is 0.115. The van der Waals surface area contributed by atoms with Gasteiger partial charge in [0, 0.05) is 11.8 Å². The average molecular weight is 296 g/mol. The fourth-order valence-electron chi connectivity index (χ4n) is 1.06. The van der Waals surface area contributed by atoms with Crippen LogP contribution in [0.1, 0.15) is 27.2 Å². The zero-order valence-corrected chi connectivity index (χ0v) is 11.8. The summed E-state index contributed by atoms with van der Waals surface area (Å²) in [6.45, 7) is 5.09. The van der Waals surface area contributed by atoms with Crippen LogP contribution in [0.25, 0.3) is 0 Å². The van der Waals surface area contributed by atoms with Crippen LogP contribution < -0.4 is 0 Å². The van der Waals surface area contributed by atoms with Crippen molar-refractivity contribution in [2.24, 2.45) is 11.3 Å². The topological polar surface area (TPSA) is 37.3 Å². The number of alkyl halides is 4. The van der Waals surface area contributed by atoms with Gasteiger partial charge in [0.25, 0.3) is 0 Å². The summed E-state index contributed by atoms with van der Waals surface area (Å²) < 4.78 is -1.46. The third-order valence-corrected chi connectivity index (χ3v) is 3.88. The zero-order chi connectivity index (χ0) is 12.4. The van der Waals surface area contributed by atoms with Gasteiger partial charge in [-0.1, -0.05) is 55.6 Å². The monoisotopic (exact) mass is 294 g/mol. The summed E-state index contributed by atoms with van der Waals surface area (Å²) >= 11 is 22.9. The number of carboxylic acid groups (broad SMARTS) is 1. The molecule has 1 N–H and O–H groups in total. The first kappa shape index (κ1) is 15.6. The first-order valence-electron chi connectivity index (χ1n) is 4.42. The van der Waals surface area contributed by atoms with Crippen molar-refractivity contribution in [3.05, 3.63) is 0 Å². The van der Waals surface area contributed by atoms with Crippen LogP contribution in [0.5, 0.6) is 0 Å². The zero-order valence-electron chi connectivity index (χ0n) is 8.73. The van der Waals surface area contributed by atoms with Crippen LogP contribution in [0.2, 0.25) is 0 Å². The van der Waals surface area contributed by atoms with Crippen molar-refractivity contribution in [1.29, 1.82) is 0 Å². The molecule has 0 aliphatic heterocycles. The Labute approximate surface area is 110 Å². The van der Waals surface area contributed by atoms with E-state index in [1.165, 1.54) is 0 Å². The molecule has 2 nitrogen and oxygen atoms in total. The molecule has 0 radical (unpaired) electrons. The highest BCUT2D eigenvalue weighted by Crippen LogP contribution is 2.42. The molecule has 2 atom stereocenters. The predicted octanol–water partition coefficient (Wildman–Crippen LogP) is 4.10. The van der Waals surface area contributed by atoms with Gasteiger partial charge in [0.15, 0.2) is 3.79 Å². The number of carboxylic acids is 1. The quantitative estimate of drug-likeness (QED) is 0.793. The lowest BCUT2D eigenvalue weighted by Crippen LogP contribution is -2.38. The SMILES string of the molecule is CC(C(=O)O)C(C)(C)C(Cl)CC(Cl)(Cl)Cl. The molecule has 0 spiro atoms. The first-order chi connectivity index (χ1) is 6.48. The molecule has 2 unspecified atom stereocenters. The second-order valence-corrected chi connectivity index (χ2v) is 7.21. The van der Waals surface area contributed by atoms with Gasteiger partial charge in [-0.25, -0.2) is 0 Å². The second-order valence-electron chi connectivity index (χ2n) is 4.17. The Balaban J connectivity index is 4.65. The van der Waals surface area contributed by atoms with Crippen molar-refractivity contribution in [3.8, 4) is 0 Å². The molecule has 0 saturated heterocycles. The minimum atomic E-state index is -1.46. The molecule has 0 saturated carbocycles. The highest BCUT2D eigenvalue weighted by Gasteiger charge is 2.41. The summed E-state index contributed by atoms with van der Waals surface area (Å²) in [5.74, 6) is -1.51. The molecular weight excluding hydrogens is 282 g/mol. The minimum Gasteiger partial charge on any atom is -0.481 e. The Morgan fingerprint density at radius 2 is 1.73 bits per heavy atom. The fourth-order valence-corrected chi connectivity index (χ4v) is 2.18. The van der Waals surface area contributed by atoms with Crippen molar-refractivity contribution < 1.29 is 9.90 Å². The highest BCUT2D eigenvalue weighted by molar-refractivity contribution is 6.67. The summed E-state index contributed by atoms with van der Waals surface area (Å²) in [6, 6.07) is 0. The number of hydrogen-bond acceptors (Lipinski definition) is 1. The summed E-state index contributed by atoms with van der Waals surface area (Å²) in [7, 11) is 0. The molecule has 0 aromatic rings. The van der Waals surface area contributed by atoms with E-state index >= 15 is 0 Å². The lowest BCUT2D eigenvalue weighted by Gasteiger charge is -2.35. The van der Waals surface area contributed by atoms with E-state index in [2.05, 4.69) is 0 Å². The van der Waals surface area contributed by atoms with Crippen LogP contribution in [-0.4, -0.2) is 20.2 Å². The lowest BCUT2D eigenvalue weighted by atomic mass is 9.76. The van der Waals surface area contributed by atoms with Gasteiger partial charge in [-0.05, 0) is 5.41 Å². The van der Waals surface area contributed by atoms with Crippen molar-refractivity contribution in [2.45, 2.75) is 36.4 Å². The Morgan fingerprint density at radius 3 is 2.00 bits per heavy atom. The van der Waals surface area contributed by atoms with Crippen LogP contribution in [0.4, 0.5) is 0 Å². The molecular formula is C9H14Cl4O2. The second kappa shape index (κ2) is 5.31. The van der Waals surface area contributed by atoms with Crippen LogP contribution in [0.3, 0.4) is 0 Å². The molecule has 0 bridgehead atoms. The molecule has 0 aromatic carbocycles. The van der Waals surface area contributed by atoms with E-state index in [1.807, 2.05) is 0 Å². The van der Waals surface area contributed by atoms with Gasteiger partial charge < -0.3 is 5.11 Å². The van der Waals surface area contributed by atoms with E-state index in [0.717, 1.165) is 0 Å². The molecule has 0 fully saturated rings. The molecule has 0 heterocycles. The van der Waals surface area contributed by atoms with Crippen molar-refractivity contribution in [1.82, 2.24) is 0 Å². The third kappa shape index (κ3) is 4.99. The molecule has 6 heteroatoms. The smallest absolute Gasteiger partial charge is 0.306 e.